The summed E-state index contributed by atoms with van der Waals surface area (Å²) >= 11 is 3.20. The Kier molecular flexibility index (Phi) is 2.54. The fourth-order valence-electron chi connectivity index (χ4n) is 1.39. The summed E-state index contributed by atoms with van der Waals surface area (Å²) in [5, 5.41) is 0. The molecule has 0 unspecified atom stereocenters. The summed E-state index contributed by atoms with van der Waals surface area (Å²) in [4.78, 5) is 3.84. The maximum absolute atomic E-state index is 12.5. The van der Waals surface area contributed by atoms with Crippen molar-refractivity contribution in [2.75, 3.05) is 5.73 Å². The molecule has 1 aliphatic rings. The van der Waals surface area contributed by atoms with Crippen molar-refractivity contribution in [1.29, 1.82) is 0 Å². The van der Waals surface area contributed by atoms with E-state index in [4.69, 9.17) is 10.5 Å². The minimum Gasteiger partial charge on any atom is -0.486 e. The van der Waals surface area contributed by atoms with Crippen LogP contribution in [0.1, 0.15) is 12.8 Å². The summed E-state index contributed by atoms with van der Waals surface area (Å²) in [6.45, 7) is 0. The lowest BCUT2D eigenvalue weighted by molar-refractivity contribution is -0.134. The Hall–Kier alpha value is -0.910. The van der Waals surface area contributed by atoms with Crippen LogP contribution >= 0.6 is 15.9 Å². The quantitative estimate of drug-likeness (QED) is 0.905. The van der Waals surface area contributed by atoms with Crippen molar-refractivity contribution < 1.29 is 13.5 Å². The average Bonchev–Trinajstić information content (AvgIpc) is 2.08. The van der Waals surface area contributed by atoms with Gasteiger partial charge in [0.25, 0.3) is 5.92 Å². The first-order chi connectivity index (χ1) is 6.96. The number of nitrogens with two attached hydrogens (primary N) is 1. The third-order valence-corrected chi connectivity index (χ3v) is 2.63. The van der Waals surface area contributed by atoms with Gasteiger partial charge in [0.05, 0.1) is 0 Å². The first-order valence-electron chi connectivity index (χ1n) is 4.42. The zero-order valence-corrected chi connectivity index (χ0v) is 9.30. The van der Waals surface area contributed by atoms with Gasteiger partial charge < -0.3 is 10.5 Å². The van der Waals surface area contributed by atoms with Crippen molar-refractivity contribution in [2.24, 2.45) is 0 Å². The number of alkyl halides is 2. The largest absolute Gasteiger partial charge is 0.486 e. The molecule has 1 saturated carbocycles. The molecule has 0 spiro atoms. The van der Waals surface area contributed by atoms with Crippen molar-refractivity contribution in [1.82, 2.24) is 4.98 Å². The number of halogens is 3. The second-order valence-corrected chi connectivity index (χ2v) is 4.46. The van der Waals surface area contributed by atoms with E-state index in [1.54, 1.807) is 6.07 Å². The van der Waals surface area contributed by atoms with Gasteiger partial charge in [0.1, 0.15) is 6.10 Å². The molecule has 0 aliphatic heterocycles. The standard InChI is InChI=1S/C9H9BrF2N2O/c10-5-1-7(8(13)14-4-5)15-6-2-9(11,12)3-6/h1,4,6H,2-3H2,(H2,13,14). The molecule has 0 atom stereocenters. The summed E-state index contributed by atoms with van der Waals surface area (Å²) in [7, 11) is 0. The number of nitrogens with zero attached hydrogens (tertiary/aromatic N) is 1. The first kappa shape index (κ1) is 10.6. The number of aromatic nitrogens is 1. The van der Waals surface area contributed by atoms with E-state index in [-0.39, 0.29) is 18.7 Å². The van der Waals surface area contributed by atoms with Crippen molar-refractivity contribution in [3.05, 3.63) is 16.7 Å². The number of hydrogen-bond acceptors (Lipinski definition) is 3. The van der Waals surface area contributed by atoms with Crippen LogP contribution in [0.25, 0.3) is 0 Å². The molecule has 2 rings (SSSR count). The maximum atomic E-state index is 12.5. The Morgan fingerprint density at radius 2 is 2.20 bits per heavy atom. The minimum atomic E-state index is -2.58. The molecule has 0 radical (unpaired) electrons. The van der Waals surface area contributed by atoms with Gasteiger partial charge in [-0.3, -0.25) is 0 Å². The Balaban J connectivity index is 2.03. The van der Waals surface area contributed by atoms with Crippen LogP contribution in [-0.2, 0) is 0 Å². The molecule has 1 aliphatic carbocycles. The Morgan fingerprint density at radius 3 is 2.80 bits per heavy atom. The second-order valence-electron chi connectivity index (χ2n) is 3.54. The van der Waals surface area contributed by atoms with E-state index in [0.717, 1.165) is 0 Å². The van der Waals surface area contributed by atoms with Gasteiger partial charge in [-0.25, -0.2) is 13.8 Å². The molecule has 1 aromatic heterocycles. The molecular weight excluding hydrogens is 270 g/mol. The van der Waals surface area contributed by atoms with Crippen molar-refractivity contribution in [3.63, 3.8) is 0 Å². The lowest BCUT2D eigenvalue weighted by Gasteiger charge is -2.34. The monoisotopic (exact) mass is 278 g/mol. The molecule has 1 heterocycles. The van der Waals surface area contributed by atoms with Crippen LogP contribution < -0.4 is 10.5 Å². The molecule has 0 saturated heterocycles. The van der Waals surface area contributed by atoms with E-state index in [2.05, 4.69) is 20.9 Å². The zero-order chi connectivity index (χ0) is 11.1. The highest BCUT2D eigenvalue weighted by Gasteiger charge is 2.47. The van der Waals surface area contributed by atoms with E-state index < -0.39 is 12.0 Å². The van der Waals surface area contributed by atoms with E-state index in [1.165, 1.54) is 6.20 Å². The molecule has 0 amide bonds. The van der Waals surface area contributed by atoms with Gasteiger partial charge in [-0.2, -0.15) is 0 Å². The molecule has 3 nitrogen and oxygen atoms in total. The van der Waals surface area contributed by atoms with Crippen LogP contribution in [0.4, 0.5) is 14.6 Å². The number of anilines is 1. The van der Waals surface area contributed by atoms with E-state index in [9.17, 15) is 8.78 Å². The molecule has 15 heavy (non-hydrogen) atoms. The lowest BCUT2D eigenvalue weighted by Crippen LogP contribution is -2.43. The van der Waals surface area contributed by atoms with E-state index in [0.29, 0.717) is 10.2 Å². The minimum absolute atomic E-state index is 0.216. The van der Waals surface area contributed by atoms with Crippen LogP contribution in [0.2, 0.25) is 0 Å². The highest BCUT2D eigenvalue weighted by molar-refractivity contribution is 9.10. The third kappa shape index (κ3) is 2.37. The Labute approximate surface area is 93.8 Å². The summed E-state index contributed by atoms with van der Waals surface area (Å²) in [6.07, 6.45) is 0.563. The van der Waals surface area contributed by atoms with E-state index >= 15 is 0 Å². The molecule has 2 N–H and O–H groups in total. The predicted molar refractivity (Wildman–Crippen MR) is 54.9 cm³/mol. The number of hydrogen-bond donors (Lipinski definition) is 1. The smallest absolute Gasteiger partial charge is 0.255 e. The average molecular weight is 279 g/mol. The predicted octanol–water partition coefficient (Wildman–Crippen LogP) is 2.60. The summed E-state index contributed by atoms with van der Waals surface area (Å²) < 4.78 is 31.1. The highest BCUT2D eigenvalue weighted by Crippen LogP contribution is 2.40. The van der Waals surface area contributed by atoms with Crippen LogP contribution in [0.5, 0.6) is 5.75 Å². The molecule has 0 bridgehead atoms. The number of nitrogen functional groups attached to an aromatic ring is 1. The summed E-state index contributed by atoms with van der Waals surface area (Å²) in [5.41, 5.74) is 5.54. The summed E-state index contributed by atoms with van der Waals surface area (Å²) in [6, 6.07) is 1.62. The molecule has 0 aromatic carbocycles. The lowest BCUT2D eigenvalue weighted by atomic mass is 9.91. The first-order valence-corrected chi connectivity index (χ1v) is 5.21. The number of ether oxygens (including phenoxy) is 1. The Bertz CT molecular complexity index is 378. The van der Waals surface area contributed by atoms with Gasteiger partial charge in [-0.05, 0) is 22.0 Å². The van der Waals surface area contributed by atoms with Gasteiger partial charge in [0.15, 0.2) is 11.6 Å². The third-order valence-electron chi connectivity index (χ3n) is 2.19. The summed E-state index contributed by atoms with van der Waals surface area (Å²) in [5.74, 6) is -2.02. The number of rotatable bonds is 2. The van der Waals surface area contributed by atoms with Gasteiger partial charge in [-0.15, -0.1) is 0 Å². The Morgan fingerprint density at radius 1 is 1.53 bits per heavy atom. The number of pyridine rings is 1. The van der Waals surface area contributed by atoms with Gasteiger partial charge in [-0.1, -0.05) is 0 Å². The SMILES string of the molecule is Nc1ncc(Br)cc1OC1CC(F)(F)C1. The molecule has 6 heteroatoms. The van der Waals surface area contributed by atoms with Crippen LogP contribution in [-0.4, -0.2) is 17.0 Å². The van der Waals surface area contributed by atoms with Crippen molar-refractivity contribution in [3.8, 4) is 5.75 Å². The molecule has 1 aromatic rings. The zero-order valence-electron chi connectivity index (χ0n) is 7.71. The van der Waals surface area contributed by atoms with Crippen molar-refractivity contribution >= 4 is 21.7 Å². The highest BCUT2D eigenvalue weighted by atomic mass is 79.9. The van der Waals surface area contributed by atoms with Crippen LogP contribution in [0.15, 0.2) is 16.7 Å². The van der Waals surface area contributed by atoms with E-state index in [1.807, 2.05) is 0 Å². The van der Waals surface area contributed by atoms with Crippen molar-refractivity contribution in [2.45, 2.75) is 24.9 Å². The van der Waals surface area contributed by atoms with Gasteiger partial charge >= 0.3 is 0 Å². The fourth-order valence-corrected chi connectivity index (χ4v) is 1.71. The normalized spacial score (nSPS) is 19.7. The topological polar surface area (TPSA) is 48.1 Å². The fraction of sp³-hybridized carbons (Fsp3) is 0.444. The molecular formula is C9H9BrF2N2O. The maximum Gasteiger partial charge on any atom is 0.255 e. The second kappa shape index (κ2) is 3.59. The molecule has 82 valence electrons. The van der Waals surface area contributed by atoms with Crippen LogP contribution in [0, 0.1) is 0 Å². The molecule has 1 fully saturated rings. The van der Waals surface area contributed by atoms with Gasteiger partial charge in [0.2, 0.25) is 0 Å². The van der Waals surface area contributed by atoms with Crippen LogP contribution in [0.3, 0.4) is 0 Å². The van der Waals surface area contributed by atoms with Gasteiger partial charge in [0, 0.05) is 23.5 Å².